The van der Waals surface area contributed by atoms with E-state index >= 15 is 0 Å². The fraction of sp³-hybridized carbons (Fsp3) is 0.188. The highest BCUT2D eigenvalue weighted by molar-refractivity contribution is 5.91. The normalized spacial score (nSPS) is 10.1. The Bertz CT molecular complexity index is 736. The zero-order chi connectivity index (χ0) is 16.8. The summed E-state index contributed by atoms with van der Waals surface area (Å²) in [7, 11) is 0. The van der Waals surface area contributed by atoms with Crippen molar-refractivity contribution in [3.8, 4) is 5.75 Å². The number of benzene rings is 1. The minimum absolute atomic E-state index is 0.0152. The van der Waals surface area contributed by atoms with Crippen LogP contribution >= 0.6 is 0 Å². The van der Waals surface area contributed by atoms with Crippen LogP contribution in [0.1, 0.15) is 21.9 Å². The van der Waals surface area contributed by atoms with Gasteiger partial charge in [0, 0.05) is 12.6 Å². The topological polar surface area (TPSA) is 94.6 Å². The highest BCUT2D eigenvalue weighted by Gasteiger charge is 2.16. The van der Waals surface area contributed by atoms with Gasteiger partial charge in [-0.2, -0.15) is 0 Å². The molecule has 7 heteroatoms. The molecule has 1 aromatic heterocycles. The maximum absolute atomic E-state index is 11.7. The number of carbonyl (C=O) groups excluding carboxylic acids is 1. The lowest BCUT2D eigenvalue weighted by molar-refractivity contribution is -0.386. The van der Waals surface area contributed by atoms with Gasteiger partial charge in [0.1, 0.15) is 12.4 Å². The minimum Gasteiger partial charge on any atom is -0.479 e. The van der Waals surface area contributed by atoms with E-state index in [1.165, 1.54) is 18.2 Å². The summed E-state index contributed by atoms with van der Waals surface area (Å²) in [4.78, 5) is 22.2. The van der Waals surface area contributed by atoms with E-state index in [1.807, 2.05) is 0 Å². The first-order valence-corrected chi connectivity index (χ1v) is 6.87. The van der Waals surface area contributed by atoms with Crippen molar-refractivity contribution >= 4 is 11.6 Å². The smallest absolute Gasteiger partial charge is 0.311 e. The van der Waals surface area contributed by atoms with Crippen molar-refractivity contribution in [2.75, 3.05) is 6.54 Å². The third kappa shape index (κ3) is 4.19. The molecule has 7 nitrogen and oxygen atoms in total. The summed E-state index contributed by atoms with van der Waals surface area (Å²) in [6.45, 7) is 5.58. The Kier molecular flexibility index (Phi) is 5.14. The van der Waals surface area contributed by atoms with Crippen molar-refractivity contribution in [3.63, 3.8) is 0 Å². The standard InChI is InChI=1S/C16H16N2O5/c1-3-8-17-16(19)15-7-5-12(23-15)10-22-14-6-4-11(2)9-13(14)18(20)21/h3-7,9H,1,8,10H2,2H3,(H,17,19). The van der Waals surface area contributed by atoms with Gasteiger partial charge in [0.05, 0.1) is 4.92 Å². The molecule has 0 saturated heterocycles. The number of nitrogens with zero attached hydrogens (tertiary/aromatic N) is 1. The van der Waals surface area contributed by atoms with Crippen LogP contribution in [0.25, 0.3) is 0 Å². The third-order valence-corrected chi connectivity index (χ3v) is 2.97. The van der Waals surface area contributed by atoms with Gasteiger partial charge in [0.2, 0.25) is 0 Å². The van der Waals surface area contributed by atoms with Crippen LogP contribution in [0, 0.1) is 17.0 Å². The molecule has 0 radical (unpaired) electrons. The number of hydrogen-bond acceptors (Lipinski definition) is 5. The van der Waals surface area contributed by atoms with Gasteiger partial charge >= 0.3 is 5.69 Å². The van der Waals surface area contributed by atoms with E-state index < -0.39 is 4.92 Å². The van der Waals surface area contributed by atoms with Gasteiger partial charge in [-0.25, -0.2) is 0 Å². The van der Waals surface area contributed by atoms with Gasteiger partial charge in [0.25, 0.3) is 5.91 Å². The van der Waals surface area contributed by atoms with E-state index in [1.54, 1.807) is 25.1 Å². The number of aryl methyl sites for hydroxylation is 1. The summed E-state index contributed by atoms with van der Waals surface area (Å²) in [5, 5.41) is 13.6. The summed E-state index contributed by atoms with van der Waals surface area (Å²) in [5.41, 5.74) is 0.656. The van der Waals surface area contributed by atoms with Gasteiger partial charge in [-0.15, -0.1) is 6.58 Å². The molecule has 0 unspecified atom stereocenters. The van der Waals surface area contributed by atoms with E-state index in [0.29, 0.717) is 12.3 Å². The largest absolute Gasteiger partial charge is 0.479 e. The van der Waals surface area contributed by atoms with Crippen molar-refractivity contribution < 1.29 is 18.9 Å². The average Bonchev–Trinajstić information content (AvgIpc) is 3.00. The first-order valence-electron chi connectivity index (χ1n) is 6.87. The Morgan fingerprint density at radius 1 is 1.43 bits per heavy atom. The number of nitro benzene ring substituents is 1. The molecule has 1 aromatic carbocycles. The fourth-order valence-electron chi connectivity index (χ4n) is 1.87. The predicted octanol–water partition coefficient (Wildman–Crippen LogP) is 2.99. The van der Waals surface area contributed by atoms with Crippen LogP contribution in [-0.4, -0.2) is 17.4 Å². The molecule has 0 fully saturated rings. The second-order valence-electron chi connectivity index (χ2n) is 4.78. The Morgan fingerprint density at radius 2 is 2.22 bits per heavy atom. The highest BCUT2D eigenvalue weighted by Crippen LogP contribution is 2.28. The molecule has 1 amide bonds. The van der Waals surface area contributed by atoms with Crippen LogP contribution in [0.2, 0.25) is 0 Å². The molecule has 0 saturated carbocycles. The molecule has 1 heterocycles. The second kappa shape index (κ2) is 7.26. The lowest BCUT2D eigenvalue weighted by atomic mass is 10.2. The van der Waals surface area contributed by atoms with E-state index in [4.69, 9.17) is 9.15 Å². The molecule has 1 N–H and O–H groups in total. The summed E-state index contributed by atoms with van der Waals surface area (Å²) in [5.74, 6) is 0.319. The van der Waals surface area contributed by atoms with Crippen LogP contribution in [0.15, 0.2) is 47.4 Å². The monoisotopic (exact) mass is 316 g/mol. The quantitative estimate of drug-likeness (QED) is 0.481. The van der Waals surface area contributed by atoms with Crippen molar-refractivity contribution in [2.24, 2.45) is 0 Å². The number of hydrogen-bond donors (Lipinski definition) is 1. The summed E-state index contributed by atoms with van der Waals surface area (Å²) in [6, 6.07) is 7.79. The number of rotatable bonds is 7. The minimum atomic E-state index is -0.501. The number of amides is 1. The number of nitro groups is 1. The predicted molar refractivity (Wildman–Crippen MR) is 83.4 cm³/mol. The Hall–Kier alpha value is -3.09. The van der Waals surface area contributed by atoms with Crippen LogP contribution < -0.4 is 10.1 Å². The van der Waals surface area contributed by atoms with Gasteiger partial charge in [0.15, 0.2) is 11.5 Å². The first-order chi connectivity index (χ1) is 11.0. The molecule has 0 spiro atoms. The van der Waals surface area contributed by atoms with Gasteiger partial charge in [-0.05, 0) is 30.7 Å². The summed E-state index contributed by atoms with van der Waals surface area (Å²) < 4.78 is 10.8. The number of nitrogens with one attached hydrogen (secondary N) is 1. The maximum atomic E-state index is 11.7. The lowest BCUT2D eigenvalue weighted by Crippen LogP contribution is -2.22. The second-order valence-corrected chi connectivity index (χ2v) is 4.78. The van der Waals surface area contributed by atoms with Gasteiger partial charge < -0.3 is 14.5 Å². The van der Waals surface area contributed by atoms with Crippen LogP contribution in [0.5, 0.6) is 5.75 Å². The molecule has 0 atom stereocenters. The van der Waals surface area contributed by atoms with Crippen LogP contribution in [-0.2, 0) is 6.61 Å². The van der Waals surface area contributed by atoms with E-state index in [2.05, 4.69) is 11.9 Å². The Labute approximate surface area is 132 Å². The van der Waals surface area contributed by atoms with Gasteiger partial charge in [-0.3, -0.25) is 14.9 Å². The number of ether oxygens (including phenoxy) is 1. The van der Waals surface area contributed by atoms with Crippen molar-refractivity contribution in [1.29, 1.82) is 0 Å². The molecule has 2 aromatic rings. The molecule has 0 bridgehead atoms. The van der Waals surface area contributed by atoms with E-state index in [-0.39, 0.29) is 29.7 Å². The molecule has 0 aliphatic carbocycles. The Morgan fingerprint density at radius 3 is 2.91 bits per heavy atom. The molecular formula is C16H16N2O5. The zero-order valence-electron chi connectivity index (χ0n) is 12.6. The number of furan rings is 1. The van der Waals surface area contributed by atoms with E-state index in [0.717, 1.165) is 5.56 Å². The highest BCUT2D eigenvalue weighted by atomic mass is 16.6. The average molecular weight is 316 g/mol. The van der Waals surface area contributed by atoms with Crippen molar-refractivity contribution in [2.45, 2.75) is 13.5 Å². The first kappa shape index (κ1) is 16.3. The number of carbonyl (C=O) groups is 1. The SMILES string of the molecule is C=CCNC(=O)c1ccc(COc2ccc(C)cc2[N+](=O)[O-])o1. The van der Waals surface area contributed by atoms with Gasteiger partial charge in [-0.1, -0.05) is 12.1 Å². The maximum Gasteiger partial charge on any atom is 0.311 e. The molecule has 23 heavy (non-hydrogen) atoms. The fourth-order valence-corrected chi connectivity index (χ4v) is 1.87. The van der Waals surface area contributed by atoms with Crippen LogP contribution in [0.4, 0.5) is 5.69 Å². The molecular weight excluding hydrogens is 300 g/mol. The van der Waals surface area contributed by atoms with Crippen molar-refractivity contribution in [1.82, 2.24) is 5.32 Å². The zero-order valence-corrected chi connectivity index (χ0v) is 12.6. The van der Waals surface area contributed by atoms with Crippen LogP contribution in [0.3, 0.4) is 0 Å². The molecule has 120 valence electrons. The third-order valence-electron chi connectivity index (χ3n) is 2.97. The summed E-state index contributed by atoms with van der Waals surface area (Å²) in [6.07, 6.45) is 1.56. The lowest BCUT2D eigenvalue weighted by Gasteiger charge is -2.05. The molecule has 2 rings (SSSR count). The van der Waals surface area contributed by atoms with Crippen molar-refractivity contribution in [3.05, 3.63) is 70.2 Å². The Balaban J connectivity index is 2.04. The molecule has 0 aliphatic heterocycles. The van der Waals surface area contributed by atoms with E-state index in [9.17, 15) is 14.9 Å². The molecule has 0 aliphatic rings. The summed E-state index contributed by atoms with van der Waals surface area (Å²) >= 11 is 0.